The van der Waals surface area contributed by atoms with Crippen molar-refractivity contribution in [3.05, 3.63) is 39.3 Å². The number of aromatic hydroxyl groups is 1. The highest BCUT2D eigenvalue weighted by molar-refractivity contribution is 9.10. The molecule has 0 unspecified atom stereocenters. The lowest BCUT2D eigenvalue weighted by atomic mass is 10.2. The van der Waals surface area contributed by atoms with Crippen molar-refractivity contribution in [2.45, 2.75) is 0 Å². The van der Waals surface area contributed by atoms with Crippen molar-refractivity contribution in [3.63, 3.8) is 0 Å². The summed E-state index contributed by atoms with van der Waals surface area (Å²) < 4.78 is 16.3. The third-order valence-electron chi connectivity index (χ3n) is 3.06. The Labute approximate surface area is 147 Å². The average molecular weight is 401 g/mol. The molecule has 0 saturated heterocycles. The molecule has 5 nitrogen and oxygen atoms in total. The van der Waals surface area contributed by atoms with Crippen LogP contribution in [0.25, 0.3) is 0 Å². The van der Waals surface area contributed by atoms with Gasteiger partial charge in [-0.2, -0.15) is 0 Å². The van der Waals surface area contributed by atoms with Gasteiger partial charge in [-0.05, 0) is 28.1 Å². The average Bonchev–Trinajstić information content (AvgIpc) is 2.55. The Kier molecular flexibility index (Phi) is 5.74. The van der Waals surface area contributed by atoms with E-state index in [1.807, 2.05) is 0 Å². The Hall–Kier alpha value is -1.92. The Bertz CT molecular complexity index is 724. The molecule has 122 valence electrons. The number of ether oxygens (including phenoxy) is 3. The van der Waals surface area contributed by atoms with Gasteiger partial charge >= 0.3 is 0 Å². The van der Waals surface area contributed by atoms with Crippen molar-refractivity contribution in [2.24, 2.45) is 4.99 Å². The normalized spacial score (nSPS) is 10.8. The zero-order valence-corrected chi connectivity index (χ0v) is 15.1. The highest BCUT2D eigenvalue weighted by Gasteiger charge is 2.13. The quantitative estimate of drug-likeness (QED) is 0.746. The number of nitrogens with zero attached hydrogens (tertiary/aromatic N) is 1. The topological polar surface area (TPSA) is 60.3 Å². The molecule has 2 aromatic rings. The van der Waals surface area contributed by atoms with Crippen molar-refractivity contribution in [1.29, 1.82) is 0 Å². The molecule has 0 aromatic heterocycles. The summed E-state index contributed by atoms with van der Waals surface area (Å²) in [6.45, 7) is 0. The van der Waals surface area contributed by atoms with Crippen LogP contribution in [0.5, 0.6) is 23.0 Å². The van der Waals surface area contributed by atoms with Gasteiger partial charge in [0.15, 0.2) is 11.5 Å². The Morgan fingerprint density at radius 2 is 1.65 bits per heavy atom. The van der Waals surface area contributed by atoms with Crippen molar-refractivity contribution >= 4 is 39.4 Å². The summed E-state index contributed by atoms with van der Waals surface area (Å²) in [5, 5.41) is 10.5. The van der Waals surface area contributed by atoms with Gasteiger partial charge in [-0.15, -0.1) is 0 Å². The molecular weight excluding hydrogens is 386 g/mol. The summed E-state index contributed by atoms with van der Waals surface area (Å²) in [7, 11) is 4.60. The first-order valence-corrected chi connectivity index (χ1v) is 7.69. The Morgan fingerprint density at radius 3 is 2.17 bits per heavy atom. The molecule has 7 heteroatoms. The number of hydrogen-bond donors (Lipinski definition) is 1. The molecule has 0 heterocycles. The lowest BCUT2D eigenvalue weighted by molar-refractivity contribution is 0.324. The second-order valence-electron chi connectivity index (χ2n) is 4.47. The van der Waals surface area contributed by atoms with Crippen LogP contribution in [0.2, 0.25) is 5.02 Å². The van der Waals surface area contributed by atoms with Crippen LogP contribution in [-0.2, 0) is 0 Å². The van der Waals surface area contributed by atoms with E-state index in [0.29, 0.717) is 38.0 Å². The highest BCUT2D eigenvalue weighted by Crippen LogP contribution is 2.41. The number of rotatable bonds is 5. The number of hydrogen-bond acceptors (Lipinski definition) is 5. The fraction of sp³-hybridized carbons (Fsp3) is 0.188. The molecular formula is C16H15BrClNO4. The van der Waals surface area contributed by atoms with E-state index in [4.69, 9.17) is 25.8 Å². The van der Waals surface area contributed by atoms with Gasteiger partial charge in [-0.3, -0.25) is 4.99 Å². The van der Waals surface area contributed by atoms with Crippen molar-refractivity contribution in [2.75, 3.05) is 21.3 Å². The predicted molar refractivity (Wildman–Crippen MR) is 94.2 cm³/mol. The number of methoxy groups -OCH3 is 3. The molecule has 0 aliphatic rings. The first-order chi connectivity index (χ1) is 11.0. The van der Waals surface area contributed by atoms with Crippen LogP contribution in [-0.4, -0.2) is 32.7 Å². The molecule has 23 heavy (non-hydrogen) atoms. The standard InChI is InChI=1S/C16H15BrClNO4/c1-21-13-6-11(7-14(22-2)16(13)23-3)19-8-9-4-10(18)5-12(17)15(9)20/h4-8,20H,1-3H3. The van der Waals surface area contributed by atoms with Crippen LogP contribution in [0.1, 0.15) is 5.56 Å². The van der Waals surface area contributed by atoms with E-state index < -0.39 is 0 Å². The summed E-state index contributed by atoms with van der Waals surface area (Å²) in [4.78, 5) is 4.33. The first-order valence-electron chi connectivity index (χ1n) is 6.52. The fourth-order valence-corrected chi connectivity index (χ4v) is 2.80. The largest absolute Gasteiger partial charge is 0.506 e. The van der Waals surface area contributed by atoms with E-state index in [9.17, 15) is 5.11 Å². The van der Waals surface area contributed by atoms with Gasteiger partial charge in [0, 0.05) is 28.9 Å². The van der Waals surface area contributed by atoms with Crippen LogP contribution in [0, 0.1) is 0 Å². The summed E-state index contributed by atoms with van der Waals surface area (Å²) in [6, 6.07) is 6.62. The number of halogens is 2. The molecule has 0 saturated carbocycles. The molecule has 0 aliphatic heterocycles. The summed E-state index contributed by atoms with van der Waals surface area (Å²) in [5.74, 6) is 1.54. The van der Waals surface area contributed by atoms with Gasteiger partial charge in [0.1, 0.15) is 5.75 Å². The van der Waals surface area contributed by atoms with Crippen molar-refractivity contribution in [1.82, 2.24) is 0 Å². The van der Waals surface area contributed by atoms with E-state index in [-0.39, 0.29) is 5.75 Å². The Balaban J connectivity index is 2.44. The number of benzene rings is 2. The van der Waals surface area contributed by atoms with Crippen LogP contribution in [0.3, 0.4) is 0 Å². The van der Waals surface area contributed by atoms with Crippen LogP contribution in [0.15, 0.2) is 33.7 Å². The van der Waals surface area contributed by atoms with Crippen LogP contribution < -0.4 is 14.2 Å². The molecule has 0 amide bonds. The fourth-order valence-electron chi connectivity index (χ4n) is 1.97. The van der Waals surface area contributed by atoms with E-state index in [1.54, 1.807) is 24.3 Å². The van der Waals surface area contributed by atoms with Crippen molar-refractivity contribution < 1.29 is 19.3 Å². The van der Waals surface area contributed by atoms with E-state index >= 15 is 0 Å². The van der Waals surface area contributed by atoms with Crippen molar-refractivity contribution in [3.8, 4) is 23.0 Å². The number of phenolic OH excluding ortho intramolecular Hbond substituents is 1. The molecule has 0 bridgehead atoms. The maximum atomic E-state index is 10.0. The van der Waals surface area contributed by atoms with E-state index in [2.05, 4.69) is 20.9 Å². The third-order valence-corrected chi connectivity index (χ3v) is 3.88. The smallest absolute Gasteiger partial charge is 0.203 e. The maximum Gasteiger partial charge on any atom is 0.203 e. The number of aliphatic imine (C=N–C) groups is 1. The van der Waals surface area contributed by atoms with Gasteiger partial charge in [-0.1, -0.05) is 11.6 Å². The third kappa shape index (κ3) is 3.89. The Morgan fingerprint density at radius 1 is 1.04 bits per heavy atom. The minimum absolute atomic E-state index is 0.0607. The van der Waals surface area contributed by atoms with Gasteiger partial charge in [0.2, 0.25) is 5.75 Å². The lowest BCUT2D eigenvalue weighted by Gasteiger charge is -2.12. The minimum Gasteiger partial charge on any atom is -0.506 e. The van der Waals surface area contributed by atoms with Gasteiger partial charge in [-0.25, -0.2) is 0 Å². The molecule has 0 radical (unpaired) electrons. The molecule has 0 fully saturated rings. The van der Waals surface area contributed by atoms with Gasteiger partial charge < -0.3 is 19.3 Å². The van der Waals surface area contributed by atoms with E-state index in [0.717, 1.165) is 0 Å². The van der Waals surface area contributed by atoms with Crippen LogP contribution >= 0.6 is 27.5 Å². The summed E-state index contributed by atoms with van der Waals surface area (Å²) >= 11 is 9.21. The predicted octanol–water partition coefficient (Wildman–Crippen LogP) is 4.58. The molecule has 1 N–H and O–H groups in total. The zero-order valence-electron chi connectivity index (χ0n) is 12.8. The minimum atomic E-state index is 0.0607. The second-order valence-corrected chi connectivity index (χ2v) is 5.76. The molecule has 2 aromatic carbocycles. The highest BCUT2D eigenvalue weighted by atomic mass is 79.9. The van der Waals surface area contributed by atoms with Gasteiger partial charge in [0.25, 0.3) is 0 Å². The molecule has 0 aliphatic carbocycles. The lowest BCUT2D eigenvalue weighted by Crippen LogP contribution is -1.94. The monoisotopic (exact) mass is 399 g/mol. The maximum absolute atomic E-state index is 10.0. The second kappa shape index (κ2) is 7.57. The van der Waals surface area contributed by atoms with E-state index in [1.165, 1.54) is 27.5 Å². The molecule has 2 rings (SSSR count). The molecule has 0 atom stereocenters. The summed E-state index contributed by atoms with van der Waals surface area (Å²) in [6.07, 6.45) is 1.51. The SMILES string of the molecule is COc1cc(N=Cc2cc(Cl)cc(Br)c2O)cc(OC)c1OC. The molecule has 0 spiro atoms. The first kappa shape index (κ1) is 17.4. The number of phenols is 1. The zero-order chi connectivity index (χ0) is 17.0. The summed E-state index contributed by atoms with van der Waals surface area (Å²) in [5.41, 5.74) is 1.06. The van der Waals surface area contributed by atoms with Crippen LogP contribution in [0.4, 0.5) is 5.69 Å². The van der Waals surface area contributed by atoms with Gasteiger partial charge in [0.05, 0.1) is 31.5 Å².